The van der Waals surface area contributed by atoms with Crippen molar-refractivity contribution in [1.82, 2.24) is 4.98 Å². The van der Waals surface area contributed by atoms with Gasteiger partial charge in [-0.25, -0.2) is 4.98 Å². The molecule has 1 fully saturated rings. The molecule has 1 aromatic heterocycles. The fraction of sp³-hybridized carbons (Fsp3) is 0.333. The number of rotatable bonds is 1. The van der Waals surface area contributed by atoms with Gasteiger partial charge < -0.3 is 4.90 Å². The largest absolute Gasteiger partial charge is 0.308 e. The van der Waals surface area contributed by atoms with Crippen LogP contribution in [0.2, 0.25) is 5.15 Å². The third-order valence-corrected chi connectivity index (χ3v) is 2.90. The Morgan fingerprint density at radius 1 is 1.62 bits per heavy atom. The van der Waals surface area contributed by atoms with Gasteiger partial charge in [-0.1, -0.05) is 11.6 Å². The van der Waals surface area contributed by atoms with Gasteiger partial charge in [0.1, 0.15) is 0 Å². The van der Waals surface area contributed by atoms with Gasteiger partial charge in [0, 0.05) is 24.6 Å². The zero-order valence-electron chi connectivity index (χ0n) is 8.90. The number of amides is 1. The van der Waals surface area contributed by atoms with E-state index in [4.69, 9.17) is 18.0 Å². The molecule has 1 aliphatic rings. The molecule has 0 saturated carbocycles. The molecule has 2 rings (SSSR count). The number of carbonyl (C=O) groups is 1. The lowest BCUT2D eigenvalue weighted by Crippen LogP contribution is -2.25. The van der Waals surface area contributed by atoms with E-state index >= 15 is 0 Å². The minimum atomic E-state index is -0.0233. The summed E-state index contributed by atoms with van der Waals surface area (Å²) in [5, 5.41) is 0.353. The van der Waals surface area contributed by atoms with E-state index in [1.165, 1.54) is 0 Å². The molecule has 0 spiro atoms. The normalized spacial score (nSPS) is 19.9. The summed E-state index contributed by atoms with van der Waals surface area (Å²) >= 11 is 6.01. The van der Waals surface area contributed by atoms with E-state index in [-0.39, 0.29) is 11.8 Å². The molecule has 3 nitrogen and oxygen atoms in total. The van der Waals surface area contributed by atoms with Gasteiger partial charge in [-0.15, -0.1) is 12.3 Å². The van der Waals surface area contributed by atoms with E-state index in [2.05, 4.69) is 10.9 Å². The Morgan fingerprint density at radius 3 is 2.94 bits per heavy atom. The van der Waals surface area contributed by atoms with Crippen LogP contribution in [0.25, 0.3) is 0 Å². The summed E-state index contributed by atoms with van der Waals surface area (Å²) in [4.78, 5) is 17.5. The molecule has 0 aliphatic carbocycles. The van der Waals surface area contributed by atoms with Gasteiger partial charge in [-0.2, -0.15) is 0 Å². The SMILES string of the molecule is C#CC1CC(=O)N(c2ccc(C)nc2Cl)C1. The van der Waals surface area contributed by atoms with Gasteiger partial charge in [0.2, 0.25) is 5.91 Å². The van der Waals surface area contributed by atoms with Crippen molar-refractivity contribution in [3.8, 4) is 12.3 Å². The lowest BCUT2D eigenvalue weighted by molar-refractivity contribution is -0.117. The van der Waals surface area contributed by atoms with Crippen LogP contribution in [0.1, 0.15) is 12.1 Å². The van der Waals surface area contributed by atoms with Crippen LogP contribution in [0, 0.1) is 25.2 Å². The highest BCUT2D eigenvalue weighted by atomic mass is 35.5. The van der Waals surface area contributed by atoms with Gasteiger partial charge in [0.15, 0.2) is 5.15 Å². The van der Waals surface area contributed by atoms with Crippen LogP contribution < -0.4 is 4.90 Å². The summed E-state index contributed by atoms with van der Waals surface area (Å²) in [6.45, 7) is 2.38. The maximum Gasteiger partial charge on any atom is 0.228 e. The second-order valence-corrected chi connectivity index (χ2v) is 4.19. The Morgan fingerprint density at radius 2 is 2.38 bits per heavy atom. The number of anilines is 1. The number of nitrogens with zero attached hydrogens (tertiary/aromatic N) is 2. The van der Waals surface area contributed by atoms with Crippen molar-refractivity contribution >= 4 is 23.2 Å². The summed E-state index contributed by atoms with van der Waals surface area (Å²) in [7, 11) is 0. The first-order valence-electron chi connectivity index (χ1n) is 5.01. The molecule has 2 heterocycles. The highest BCUT2D eigenvalue weighted by molar-refractivity contribution is 6.32. The second-order valence-electron chi connectivity index (χ2n) is 3.83. The van der Waals surface area contributed by atoms with Gasteiger partial charge in [-0.05, 0) is 19.1 Å². The minimum Gasteiger partial charge on any atom is -0.308 e. The number of carbonyl (C=O) groups excluding carboxylic acids is 1. The standard InChI is InChI=1S/C12H11ClN2O/c1-3-9-6-11(16)15(7-9)10-5-4-8(2)14-12(10)13/h1,4-5,9H,6-7H2,2H3. The molecular weight excluding hydrogens is 224 g/mol. The Labute approximate surface area is 99.4 Å². The molecule has 16 heavy (non-hydrogen) atoms. The summed E-state index contributed by atoms with van der Waals surface area (Å²) < 4.78 is 0. The Kier molecular flexibility index (Phi) is 2.84. The van der Waals surface area contributed by atoms with E-state index in [0.717, 1.165) is 5.69 Å². The summed E-state index contributed by atoms with van der Waals surface area (Å²) in [5.41, 5.74) is 1.48. The lowest BCUT2D eigenvalue weighted by Gasteiger charge is -2.16. The average Bonchev–Trinajstić information content (AvgIpc) is 2.60. The van der Waals surface area contributed by atoms with E-state index in [9.17, 15) is 4.79 Å². The van der Waals surface area contributed by atoms with Gasteiger partial charge in [-0.3, -0.25) is 4.79 Å². The van der Waals surface area contributed by atoms with Crippen molar-refractivity contribution in [1.29, 1.82) is 0 Å². The van der Waals surface area contributed by atoms with E-state index in [0.29, 0.717) is 23.8 Å². The Bertz CT molecular complexity index is 478. The molecule has 1 saturated heterocycles. The molecule has 0 N–H and O–H groups in total. The number of aromatic nitrogens is 1. The smallest absolute Gasteiger partial charge is 0.228 e. The van der Waals surface area contributed by atoms with Crippen LogP contribution in [0.5, 0.6) is 0 Å². The van der Waals surface area contributed by atoms with Crippen LogP contribution in [-0.4, -0.2) is 17.4 Å². The van der Waals surface area contributed by atoms with Crippen molar-refractivity contribution in [3.63, 3.8) is 0 Å². The summed E-state index contributed by atoms with van der Waals surface area (Å²) in [6, 6.07) is 3.64. The third kappa shape index (κ3) is 1.89. The average molecular weight is 235 g/mol. The molecule has 1 aliphatic heterocycles. The zero-order valence-corrected chi connectivity index (χ0v) is 9.66. The Hall–Kier alpha value is -1.53. The number of pyridine rings is 1. The highest BCUT2D eigenvalue weighted by Gasteiger charge is 2.30. The first-order chi connectivity index (χ1) is 7.61. The topological polar surface area (TPSA) is 33.2 Å². The fourth-order valence-electron chi connectivity index (χ4n) is 1.77. The van der Waals surface area contributed by atoms with E-state index in [1.807, 2.05) is 19.1 Å². The van der Waals surface area contributed by atoms with Crippen LogP contribution >= 0.6 is 11.6 Å². The quantitative estimate of drug-likeness (QED) is 0.550. The van der Waals surface area contributed by atoms with Crippen LogP contribution in [0.15, 0.2) is 12.1 Å². The zero-order chi connectivity index (χ0) is 11.7. The van der Waals surface area contributed by atoms with Gasteiger partial charge in [0.25, 0.3) is 0 Å². The van der Waals surface area contributed by atoms with E-state index < -0.39 is 0 Å². The minimum absolute atomic E-state index is 0.00973. The molecule has 0 bridgehead atoms. The summed E-state index contributed by atoms with van der Waals surface area (Å²) in [5.74, 6) is 2.59. The molecule has 0 aromatic carbocycles. The molecular formula is C12H11ClN2O. The fourth-order valence-corrected chi connectivity index (χ4v) is 2.07. The van der Waals surface area contributed by atoms with Crippen LogP contribution in [0.4, 0.5) is 5.69 Å². The highest BCUT2D eigenvalue weighted by Crippen LogP contribution is 2.29. The molecule has 1 atom stereocenters. The molecule has 1 amide bonds. The number of aryl methyl sites for hydroxylation is 1. The maximum atomic E-state index is 11.7. The van der Waals surface area contributed by atoms with Crippen molar-refractivity contribution in [2.24, 2.45) is 5.92 Å². The molecule has 1 unspecified atom stereocenters. The lowest BCUT2D eigenvalue weighted by atomic mass is 10.1. The number of halogens is 1. The van der Waals surface area contributed by atoms with Gasteiger partial charge >= 0.3 is 0 Å². The molecule has 82 valence electrons. The third-order valence-electron chi connectivity index (χ3n) is 2.62. The predicted molar refractivity (Wildman–Crippen MR) is 63.3 cm³/mol. The molecule has 1 aromatic rings. The number of hydrogen-bond donors (Lipinski definition) is 0. The van der Waals surface area contributed by atoms with E-state index in [1.54, 1.807) is 4.90 Å². The first-order valence-corrected chi connectivity index (χ1v) is 5.39. The number of hydrogen-bond acceptors (Lipinski definition) is 2. The summed E-state index contributed by atoms with van der Waals surface area (Å²) in [6.07, 6.45) is 5.71. The Balaban J connectivity index is 2.32. The molecule has 4 heteroatoms. The first kappa shape index (κ1) is 11.0. The van der Waals surface area contributed by atoms with Crippen molar-refractivity contribution < 1.29 is 4.79 Å². The van der Waals surface area contributed by atoms with Crippen molar-refractivity contribution in [2.75, 3.05) is 11.4 Å². The predicted octanol–water partition coefficient (Wildman–Crippen LogP) is 2.03. The van der Waals surface area contributed by atoms with Gasteiger partial charge in [0.05, 0.1) is 5.69 Å². The monoisotopic (exact) mass is 234 g/mol. The number of terminal acetylenes is 1. The van der Waals surface area contributed by atoms with Crippen LogP contribution in [0.3, 0.4) is 0 Å². The molecule has 0 radical (unpaired) electrons. The second kappa shape index (κ2) is 4.15. The van der Waals surface area contributed by atoms with Crippen LogP contribution in [-0.2, 0) is 4.79 Å². The maximum absolute atomic E-state index is 11.7. The van der Waals surface area contributed by atoms with Crippen molar-refractivity contribution in [2.45, 2.75) is 13.3 Å². The van der Waals surface area contributed by atoms with Crippen molar-refractivity contribution in [3.05, 3.63) is 23.0 Å².